The molecule has 1 aromatic rings. The summed E-state index contributed by atoms with van der Waals surface area (Å²) in [7, 11) is 0. The topological polar surface area (TPSA) is 75.6 Å². The zero-order chi connectivity index (χ0) is 15.0. The van der Waals surface area contributed by atoms with Gasteiger partial charge in [-0.05, 0) is 42.7 Å². The molecule has 0 radical (unpaired) electrons. The van der Waals surface area contributed by atoms with Gasteiger partial charge in [0, 0.05) is 0 Å². The van der Waals surface area contributed by atoms with Gasteiger partial charge in [0.1, 0.15) is 17.6 Å². The van der Waals surface area contributed by atoms with Gasteiger partial charge in [-0.2, -0.15) is 11.8 Å². The van der Waals surface area contributed by atoms with E-state index in [1.807, 2.05) is 6.26 Å². The monoisotopic (exact) mass is 301 g/mol. The number of thioether (sulfide) groups is 1. The lowest BCUT2D eigenvalue weighted by Gasteiger charge is -2.14. The largest absolute Gasteiger partial charge is 0.484 e. The number of aliphatic carboxylic acids is 1. The summed E-state index contributed by atoms with van der Waals surface area (Å²) >= 11 is 1.50. The molecule has 0 aromatic heterocycles. The smallest absolute Gasteiger partial charge is 0.326 e. The van der Waals surface area contributed by atoms with Gasteiger partial charge in [-0.1, -0.05) is 0 Å². The summed E-state index contributed by atoms with van der Waals surface area (Å²) in [5, 5.41) is 11.3. The van der Waals surface area contributed by atoms with Gasteiger partial charge in [-0.15, -0.1) is 0 Å². The molecule has 0 unspecified atom stereocenters. The van der Waals surface area contributed by atoms with Crippen LogP contribution in [0.3, 0.4) is 0 Å². The Bertz CT molecular complexity index is 452. The molecule has 5 nitrogen and oxygen atoms in total. The Hall–Kier alpha value is -1.76. The van der Waals surface area contributed by atoms with Crippen LogP contribution in [0.5, 0.6) is 5.75 Å². The van der Waals surface area contributed by atoms with E-state index in [1.165, 1.54) is 36.0 Å². The molecule has 1 aromatic carbocycles. The van der Waals surface area contributed by atoms with Crippen molar-refractivity contribution in [3.8, 4) is 5.75 Å². The second-order valence-corrected chi connectivity index (χ2v) is 4.97. The minimum Gasteiger partial charge on any atom is -0.484 e. The first-order valence-corrected chi connectivity index (χ1v) is 7.31. The Balaban J connectivity index is 2.41. The molecule has 1 rings (SSSR count). The van der Waals surface area contributed by atoms with E-state index in [0.717, 1.165) is 0 Å². The lowest BCUT2D eigenvalue weighted by molar-refractivity contribution is -0.142. The van der Waals surface area contributed by atoms with Crippen LogP contribution in [0.15, 0.2) is 24.3 Å². The highest BCUT2D eigenvalue weighted by Crippen LogP contribution is 2.10. The first-order chi connectivity index (χ1) is 9.52. The van der Waals surface area contributed by atoms with Crippen LogP contribution in [-0.2, 0) is 9.59 Å². The van der Waals surface area contributed by atoms with Crippen LogP contribution in [0.4, 0.5) is 4.39 Å². The van der Waals surface area contributed by atoms with E-state index in [4.69, 9.17) is 9.84 Å². The molecular formula is C13H16FNO4S. The first-order valence-electron chi connectivity index (χ1n) is 5.92. The van der Waals surface area contributed by atoms with Crippen LogP contribution in [0.25, 0.3) is 0 Å². The SMILES string of the molecule is CSCC[C@H](NC(=O)COc1ccc(F)cc1)C(=O)O. The Kier molecular flexibility index (Phi) is 6.86. The normalized spacial score (nSPS) is 11.7. The van der Waals surface area contributed by atoms with Crippen molar-refractivity contribution >= 4 is 23.6 Å². The van der Waals surface area contributed by atoms with Crippen molar-refractivity contribution < 1.29 is 23.8 Å². The number of benzene rings is 1. The molecule has 1 atom stereocenters. The maximum atomic E-state index is 12.7. The molecule has 0 bridgehead atoms. The van der Waals surface area contributed by atoms with E-state index in [2.05, 4.69) is 5.32 Å². The van der Waals surface area contributed by atoms with Crippen molar-refractivity contribution in [2.24, 2.45) is 0 Å². The van der Waals surface area contributed by atoms with Crippen molar-refractivity contribution in [2.75, 3.05) is 18.6 Å². The highest BCUT2D eigenvalue weighted by molar-refractivity contribution is 7.98. The van der Waals surface area contributed by atoms with Gasteiger partial charge in [-0.25, -0.2) is 9.18 Å². The lowest BCUT2D eigenvalue weighted by Crippen LogP contribution is -2.43. The van der Waals surface area contributed by atoms with Crippen molar-refractivity contribution in [3.05, 3.63) is 30.1 Å². The maximum absolute atomic E-state index is 12.7. The van der Waals surface area contributed by atoms with Crippen molar-refractivity contribution in [2.45, 2.75) is 12.5 Å². The zero-order valence-corrected chi connectivity index (χ0v) is 11.8. The van der Waals surface area contributed by atoms with Crippen molar-refractivity contribution in [1.29, 1.82) is 0 Å². The van der Waals surface area contributed by atoms with Crippen molar-refractivity contribution in [3.63, 3.8) is 0 Å². The van der Waals surface area contributed by atoms with Crippen LogP contribution < -0.4 is 10.1 Å². The maximum Gasteiger partial charge on any atom is 0.326 e. The third kappa shape index (κ3) is 5.92. The van der Waals surface area contributed by atoms with Gasteiger partial charge < -0.3 is 15.2 Å². The highest BCUT2D eigenvalue weighted by Gasteiger charge is 2.19. The minimum absolute atomic E-state index is 0.311. The fourth-order valence-corrected chi connectivity index (χ4v) is 1.88. The molecule has 1 amide bonds. The number of nitrogens with one attached hydrogen (secondary N) is 1. The Morgan fingerprint density at radius 2 is 2.05 bits per heavy atom. The Labute approximate surface area is 120 Å². The predicted molar refractivity (Wildman–Crippen MR) is 74.5 cm³/mol. The third-order valence-corrected chi connectivity index (χ3v) is 3.07. The van der Waals surface area contributed by atoms with Gasteiger partial charge >= 0.3 is 5.97 Å². The summed E-state index contributed by atoms with van der Waals surface area (Å²) in [5.41, 5.74) is 0. The molecule has 0 saturated heterocycles. The van der Waals surface area contributed by atoms with E-state index in [1.54, 1.807) is 0 Å². The molecule has 0 aliphatic carbocycles. The first kappa shape index (κ1) is 16.3. The van der Waals surface area contributed by atoms with E-state index in [-0.39, 0.29) is 6.61 Å². The van der Waals surface area contributed by atoms with E-state index in [0.29, 0.717) is 17.9 Å². The quantitative estimate of drug-likeness (QED) is 0.761. The number of amides is 1. The number of hydrogen-bond acceptors (Lipinski definition) is 4. The summed E-state index contributed by atoms with van der Waals surface area (Å²) in [4.78, 5) is 22.5. The standard InChI is InChI=1S/C13H16FNO4S/c1-20-7-6-11(13(17)18)15-12(16)8-19-10-4-2-9(14)3-5-10/h2-5,11H,6-8H2,1H3,(H,15,16)(H,17,18)/t11-/m0/s1. The Morgan fingerprint density at radius 1 is 1.40 bits per heavy atom. The van der Waals surface area contributed by atoms with Crippen LogP contribution >= 0.6 is 11.8 Å². The molecule has 0 spiro atoms. The molecule has 0 heterocycles. The number of ether oxygens (including phenoxy) is 1. The molecular weight excluding hydrogens is 285 g/mol. The summed E-state index contributed by atoms with van der Waals surface area (Å²) in [5.74, 6) is -1.02. The molecule has 0 fully saturated rings. The fraction of sp³-hybridized carbons (Fsp3) is 0.385. The van der Waals surface area contributed by atoms with E-state index >= 15 is 0 Å². The molecule has 0 aliphatic rings. The molecule has 2 N–H and O–H groups in total. The van der Waals surface area contributed by atoms with Gasteiger partial charge in [0.05, 0.1) is 0 Å². The average molecular weight is 301 g/mol. The van der Waals surface area contributed by atoms with Gasteiger partial charge in [0.2, 0.25) is 0 Å². The number of carboxylic acid groups (broad SMARTS) is 1. The fourth-order valence-electron chi connectivity index (χ4n) is 1.41. The van der Waals surface area contributed by atoms with Gasteiger partial charge in [0.15, 0.2) is 6.61 Å². The van der Waals surface area contributed by atoms with Crippen LogP contribution in [0.2, 0.25) is 0 Å². The lowest BCUT2D eigenvalue weighted by atomic mass is 10.2. The van der Waals surface area contributed by atoms with E-state index in [9.17, 15) is 14.0 Å². The summed E-state index contributed by atoms with van der Waals surface area (Å²) < 4.78 is 17.8. The number of carbonyl (C=O) groups is 2. The van der Waals surface area contributed by atoms with Crippen molar-refractivity contribution in [1.82, 2.24) is 5.32 Å². The average Bonchev–Trinajstić information content (AvgIpc) is 2.42. The molecule has 0 aliphatic heterocycles. The Morgan fingerprint density at radius 3 is 2.60 bits per heavy atom. The van der Waals surface area contributed by atoms with Crippen LogP contribution in [0.1, 0.15) is 6.42 Å². The highest BCUT2D eigenvalue weighted by atomic mass is 32.2. The third-order valence-electron chi connectivity index (χ3n) is 2.43. The molecule has 110 valence electrons. The van der Waals surface area contributed by atoms with Crippen LogP contribution in [0, 0.1) is 5.82 Å². The minimum atomic E-state index is -1.07. The summed E-state index contributed by atoms with van der Waals surface area (Å²) in [6.07, 6.45) is 2.21. The van der Waals surface area contributed by atoms with Crippen LogP contribution in [-0.4, -0.2) is 41.6 Å². The molecule has 7 heteroatoms. The number of carboxylic acids is 1. The zero-order valence-electron chi connectivity index (χ0n) is 11.0. The second-order valence-electron chi connectivity index (χ2n) is 3.98. The number of carbonyl (C=O) groups excluding carboxylic acids is 1. The van der Waals surface area contributed by atoms with E-state index < -0.39 is 23.7 Å². The van der Waals surface area contributed by atoms with Gasteiger partial charge in [0.25, 0.3) is 5.91 Å². The summed E-state index contributed by atoms with van der Waals surface area (Å²) in [6, 6.07) is 4.29. The molecule has 20 heavy (non-hydrogen) atoms. The number of halogens is 1. The predicted octanol–water partition coefficient (Wildman–Crippen LogP) is 1.53. The summed E-state index contributed by atoms with van der Waals surface area (Å²) in [6.45, 7) is -0.311. The number of hydrogen-bond donors (Lipinski definition) is 2. The molecule has 0 saturated carbocycles. The number of rotatable bonds is 8. The van der Waals surface area contributed by atoms with Gasteiger partial charge in [-0.3, -0.25) is 4.79 Å². The second kappa shape index (κ2) is 8.42.